The van der Waals surface area contributed by atoms with Crippen LogP contribution in [0.1, 0.15) is 11.1 Å². The van der Waals surface area contributed by atoms with Crippen molar-refractivity contribution in [1.82, 2.24) is 0 Å². The Morgan fingerprint density at radius 3 is 2.40 bits per heavy atom. The number of nitrogens with one attached hydrogen (secondary N) is 1. The minimum atomic E-state index is -4.46. The molecular weight excluding hydrogens is 294 g/mol. The van der Waals surface area contributed by atoms with Crippen LogP contribution in [0.15, 0.2) is 42.5 Å². The highest BCUT2D eigenvalue weighted by atomic mass is 35.5. The van der Waals surface area contributed by atoms with Gasteiger partial charge in [0, 0.05) is 17.8 Å². The van der Waals surface area contributed by atoms with E-state index in [-0.39, 0.29) is 22.8 Å². The van der Waals surface area contributed by atoms with Gasteiger partial charge in [-0.05, 0) is 18.2 Å². The van der Waals surface area contributed by atoms with Gasteiger partial charge in [0.2, 0.25) is 0 Å². The highest BCUT2D eigenvalue weighted by Gasteiger charge is 2.33. The van der Waals surface area contributed by atoms with Crippen molar-refractivity contribution in [2.45, 2.75) is 12.7 Å². The highest BCUT2D eigenvalue weighted by molar-refractivity contribution is 6.30. The van der Waals surface area contributed by atoms with Crippen LogP contribution in [0.2, 0.25) is 5.02 Å². The van der Waals surface area contributed by atoms with Gasteiger partial charge in [0.1, 0.15) is 5.82 Å². The second-order valence-corrected chi connectivity index (χ2v) is 4.52. The van der Waals surface area contributed by atoms with Crippen LogP contribution >= 0.6 is 11.6 Å². The van der Waals surface area contributed by atoms with E-state index in [2.05, 4.69) is 5.32 Å². The Morgan fingerprint density at radius 1 is 1.00 bits per heavy atom. The Hall–Kier alpha value is -1.75. The third-order valence-corrected chi connectivity index (χ3v) is 3.03. The van der Waals surface area contributed by atoms with Gasteiger partial charge < -0.3 is 5.32 Å². The van der Waals surface area contributed by atoms with Crippen molar-refractivity contribution in [2.24, 2.45) is 0 Å². The van der Waals surface area contributed by atoms with E-state index >= 15 is 0 Å². The van der Waals surface area contributed by atoms with Crippen molar-refractivity contribution < 1.29 is 17.6 Å². The number of rotatable bonds is 3. The molecule has 0 atom stereocenters. The molecule has 6 heteroatoms. The van der Waals surface area contributed by atoms with E-state index in [9.17, 15) is 17.6 Å². The average molecular weight is 304 g/mol. The van der Waals surface area contributed by atoms with Crippen LogP contribution in [0.25, 0.3) is 0 Å². The molecule has 0 aliphatic carbocycles. The fraction of sp³-hybridized carbons (Fsp3) is 0.143. The number of hydrogen-bond acceptors (Lipinski definition) is 1. The standard InChI is InChI=1S/C14H10ClF4N/c15-11-6-3-4-9(13(11)16)8-20-12-7-2-1-5-10(12)14(17,18)19/h1-7,20H,8H2. The monoisotopic (exact) mass is 303 g/mol. The molecule has 0 spiro atoms. The first-order chi connectivity index (χ1) is 9.39. The molecule has 0 saturated carbocycles. The Morgan fingerprint density at radius 2 is 1.70 bits per heavy atom. The molecule has 0 fully saturated rings. The lowest BCUT2D eigenvalue weighted by molar-refractivity contribution is -0.136. The summed E-state index contributed by atoms with van der Waals surface area (Å²) in [5, 5.41) is 2.52. The molecule has 2 aromatic rings. The fourth-order valence-electron chi connectivity index (χ4n) is 1.76. The van der Waals surface area contributed by atoms with Crippen LogP contribution in [-0.4, -0.2) is 0 Å². The topological polar surface area (TPSA) is 12.0 Å². The minimum Gasteiger partial charge on any atom is -0.380 e. The van der Waals surface area contributed by atoms with Crippen LogP contribution < -0.4 is 5.32 Å². The summed E-state index contributed by atoms with van der Waals surface area (Å²) in [7, 11) is 0. The molecular formula is C14H10ClF4N. The highest BCUT2D eigenvalue weighted by Crippen LogP contribution is 2.34. The zero-order valence-corrected chi connectivity index (χ0v) is 10.9. The van der Waals surface area contributed by atoms with Gasteiger partial charge in [0.15, 0.2) is 0 Å². The zero-order valence-electron chi connectivity index (χ0n) is 10.1. The third-order valence-electron chi connectivity index (χ3n) is 2.73. The summed E-state index contributed by atoms with van der Waals surface area (Å²) < 4.78 is 52.0. The summed E-state index contributed by atoms with van der Waals surface area (Å²) in [4.78, 5) is 0. The van der Waals surface area contributed by atoms with Gasteiger partial charge >= 0.3 is 6.18 Å². The number of para-hydroxylation sites is 1. The molecule has 1 nitrogen and oxygen atoms in total. The SMILES string of the molecule is Fc1c(Cl)cccc1CNc1ccccc1C(F)(F)F. The van der Waals surface area contributed by atoms with Crippen LogP contribution in [0, 0.1) is 5.82 Å². The predicted molar refractivity (Wildman–Crippen MR) is 70.2 cm³/mol. The largest absolute Gasteiger partial charge is 0.418 e. The Kier molecular flexibility index (Phi) is 4.18. The van der Waals surface area contributed by atoms with Crippen LogP contribution in [-0.2, 0) is 12.7 Å². The summed E-state index contributed by atoms with van der Waals surface area (Å²) in [5.41, 5.74) is -0.684. The normalized spacial score (nSPS) is 11.4. The van der Waals surface area contributed by atoms with Gasteiger partial charge in [-0.1, -0.05) is 35.9 Å². The van der Waals surface area contributed by atoms with Gasteiger partial charge in [-0.2, -0.15) is 13.2 Å². The van der Waals surface area contributed by atoms with E-state index in [1.165, 1.54) is 36.4 Å². The van der Waals surface area contributed by atoms with Crippen molar-refractivity contribution in [3.63, 3.8) is 0 Å². The summed E-state index contributed by atoms with van der Waals surface area (Å²) in [6.45, 7) is -0.0838. The molecule has 2 aromatic carbocycles. The lowest BCUT2D eigenvalue weighted by Gasteiger charge is -2.14. The number of hydrogen-bond donors (Lipinski definition) is 1. The molecule has 20 heavy (non-hydrogen) atoms. The molecule has 0 aromatic heterocycles. The Balaban J connectivity index is 2.22. The first-order valence-electron chi connectivity index (χ1n) is 5.72. The molecule has 0 unspecified atom stereocenters. The molecule has 0 aliphatic heterocycles. The molecule has 0 amide bonds. The number of halogens is 5. The van der Waals surface area contributed by atoms with Crippen molar-refractivity contribution in [3.05, 3.63) is 64.4 Å². The van der Waals surface area contributed by atoms with E-state index in [0.717, 1.165) is 6.07 Å². The molecule has 0 radical (unpaired) electrons. The van der Waals surface area contributed by atoms with Crippen LogP contribution in [0.5, 0.6) is 0 Å². The van der Waals surface area contributed by atoms with Crippen molar-refractivity contribution in [3.8, 4) is 0 Å². The summed E-state index contributed by atoms with van der Waals surface area (Å²) in [6, 6.07) is 9.42. The predicted octanol–water partition coefficient (Wildman–Crippen LogP) is 5.11. The fourth-order valence-corrected chi connectivity index (χ4v) is 1.95. The van der Waals surface area contributed by atoms with E-state index < -0.39 is 17.6 Å². The Labute approximate surface area is 118 Å². The summed E-state index contributed by atoms with van der Waals surface area (Å²) in [5.74, 6) is -0.633. The van der Waals surface area contributed by atoms with Gasteiger partial charge in [-0.3, -0.25) is 0 Å². The van der Waals surface area contributed by atoms with Crippen molar-refractivity contribution in [1.29, 1.82) is 0 Å². The lowest BCUT2D eigenvalue weighted by atomic mass is 10.1. The molecule has 106 valence electrons. The molecule has 2 rings (SSSR count). The summed E-state index contributed by atoms with van der Waals surface area (Å²) >= 11 is 5.62. The molecule has 0 saturated heterocycles. The maximum Gasteiger partial charge on any atom is 0.418 e. The minimum absolute atomic E-state index is 0.0617. The van der Waals surface area contributed by atoms with Gasteiger partial charge in [0.05, 0.1) is 10.6 Å². The maximum atomic E-state index is 13.6. The van der Waals surface area contributed by atoms with Crippen molar-refractivity contribution >= 4 is 17.3 Å². The molecule has 0 aliphatic rings. The van der Waals surface area contributed by atoms with Crippen molar-refractivity contribution in [2.75, 3.05) is 5.32 Å². The van der Waals surface area contributed by atoms with E-state index in [1.54, 1.807) is 0 Å². The van der Waals surface area contributed by atoms with Crippen LogP contribution in [0.4, 0.5) is 23.2 Å². The zero-order chi connectivity index (χ0) is 14.8. The second-order valence-electron chi connectivity index (χ2n) is 4.11. The first kappa shape index (κ1) is 14.7. The lowest BCUT2D eigenvalue weighted by Crippen LogP contribution is -2.11. The maximum absolute atomic E-state index is 13.6. The van der Waals surface area contributed by atoms with Gasteiger partial charge in [-0.25, -0.2) is 4.39 Å². The second kappa shape index (κ2) is 5.71. The number of anilines is 1. The van der Waals surface area contributed by atoms with E-state index in [1.807, 2.05) is 0 Å². The number of alkyl halides is 3. The molecule has 1 N–H and O–H groups in total. The molecule has 0 heterocycles. The molecule has 0 bridgehead atoms. The quantitative estimate of drug-likeness (QED) is 0.777. The van der Waals surface area contributed by atoms with E-state index in [0.29, 0.717) is 0 Å². The van der Waals surface area contributed by atoms with Gasteiger partial charge in [-0.15, -0.1) is 0 Å². The smallest absolute Gasteiger partial charge is 0.380 e. The summed E-state index contributed by atoms with van der Waals surface area (Å²) in [6.07, 6.45) is -4.46. The van der Waals surface area contributed by atoms with E-state index in [4.69, 9.17) is 11.6 Å². The Bertz CT molecular complexity index is 610. The van der Waals surface area contributed by atoms with Crippen LogP contribution in [0.3, 0.4) is 0 Å². The third kappa shape index (κ3) is 3.22. The number of benzene rings is 2. The first-order valence-corrected chi connectivity index (χ1v) is 6.10. The van der Waals surface area contributed by atoms with Gasteiger partial charge in [0.25, 0.3) is 0 Å². The average Bonchev–Trinajstić information content (AvgIpc) is 2.40.